The van der Waals surface area contributed by atoms with E-state index in [1.165, 1.54) is 0 Å². The molecule has 0 atom stereocenters. The van der Waals surface area contributed by atoms with Crippen molar-refractivity contribution in [3.8, 4) is 12.3 Å². The maximum Gasteiger partial charge on any atom is 0.0997 e. The lowest BCUT2D eigenvalue weighted by Crippen LogP contribution is -1.97. The Bertz CT molecular complexity index is 338. The molecule has 0 aromatic heterocycles. The number of halogens is 2. The van der Waals surface area contributed by atoms with E-state index < -0.39 is 6.67 Å². The third kappa shape index (κ3) is 2.57. The first-order chi connectivity index (χ1) is 6.17. The summed E-state index contributed by atoms with van der Waals surface area (Å²) in [4.78, 5) is 0. The van der Waals surface area contributed by atoms with Crippen LogP contribution in [0, 0.1) is 18.3 Å². The average molecular weight is 240 g/mol. The number of benzene rings is 1. The minimum Gasteiger partial charge on any atom is -0.250 e. The maximum atomic E-state index is 12.3. The summed E-state index contributed by atoms with van der Waals surface area (Å²) in [5, 5.41) is 0. The standard InChI is InChI=1S/C11H9BrF/c1-3-9-4-10(8(2)7-13)6-11(12)5-9/h1,4-6H,7H2,2H3. The molecule has 1 aromatic carbocycles. The number of terminal acetylenes is 1. The lowest BCUT2D eigenvalue weighted by Gasteiger charge is -2.07. The molecule has 0 N–H and O–H groups in total. The molecule has 0 heterocycles. The molecule has 0 fully saturated rings. The molecule has 1 aromatic rings. The van der Waals surface area contributed by atoms with Crippen molar-refractivity contribution in [3.63, 3.8) is 0 Å². The number of rotatable bonds is 2. The van der Waals surface area contributed by atoms with Gasteiger partial charge in [-0.1, -0.05) is 28.8 Å². The molecule has 0 saturated heterocycles. The minimum absolute atomic E-state index is 0.444. The van der Waals surface area contributed by atoms with Gasteiger partial charge in [0, 0.05) is 16.0 Å². The van der Waals surface area contributed by atoms with E-state index in [0.717, 1.165) is 15.6 Å². The Hall–Kier alpha value is -0.810. The molecule has 0 aliphatic rings. The van der Waals surface area contributed by atoms with Crippen LogP contribution in [0.5, 0.6) is 0 Å². The van der Waals surface area contributed by atoms with Gasteiger partial charge in [-0.2, -0.15) is 0 Å². The van der Waals surface area contributed by atoms with Crippen molar-refractivity contribution in [1.82, 2.24) is 0 Å². The molecule has 0 amide bonds. The molecule has 0 saturated carbocycles. The highest BCUT2D eigenvalue weighted by atomic mass is 79.9. The van der Waals surface area contributed by atoms with Gasteiger partial charge in [0.2, 0.25) is 0 Å². The zero-order valence-corrected chi connectivity index (χ0v) is 8.86. The first kappa shape index (κ1) is 10.3. The van der Waals surface area contributed by atoms with Crippen LogP contribution in [0.2, 0.25) is 0 Å². The summed E-state index contributed by atoms with van der Waals surface area (Å²) in [5.41, 5.74) is 1.61. The van der Waals surface area contributed by atoms with Crippen LogP contribution in [0.3, 0.4) is 0 Å². The smallest absolute Gasteiger partial charge is 0.0997 e. The molecular formula is C11H9BrF. The molecule has 0 spiro atoms. The molecule has 0 aliphatic heterocycles. The highest BCUT2D eigenvalue weighted by Crippen LogP contribution is 2.21. The second-order valence-corrected chi connectivity index (χ2v) is 3.70. The van der Waals surface area contributed by atoms with Crippen LogP contribution in [0.25, 0.3) is 0 Å². The van der Waals surface area contributed by atoms with E-state index in [0.29, 0.717) is 5.92 Å². The Morgan fingerprint density at radius 3 is 2.77 bits per heavy atom. The number of alkyl halides is 1. The van der Waals surface area contributed by atoms with Crippen molar-refractivity contribution in [2.75, 3.05) is 6.67 Å². The van der Waals surface area contributed by atoms with Gasteiger partial charge >= 0.3 is 0 Å². The minimum atomic E-state index is -0.444. The second kappa shape index (κ2) is 4.43. The highest BCUT2D eigenvalue weighted by molar-refractivity contribution is 9.10. The normalized spacial score (nSPS) is 10.1. The average Bonchev–Trinajstić information content (AvgIpc) is 2.15. The molecule has 13 heavy (non-hydrogen) atoms. The van der Waals surface area contributed by atoms with Crippen LogP contribution in [0.4, 0.5) is 4.39 Å². The monoisotopic (exact) mass is 239 g/mol. The summed E-state index contributed by atoms with van der Waals surface area (Å²) in [6.07, 6.45) is 5.26. The van der Waals surface area contributed by atoms with Crippen molar-refractivity contribution < 1.29 is 4.39 Å². The van der Waals surface area contributed by atoms with Gasteiger partial charge in [-0.15, -0.1) is 6.42 Å². The molecule has 0 bridgehead atoms. The van der Waals surface area contributed by atoms with Crippen molar-refractivity contribution >= 4 is 15.9 Å². The van der Waals surface area contributed by atoms with Gasteiger partial charge in [0.25, 0.3) is 0 Å². The highest BCUT2D eigenvalue weighted by Gasteiger charge is 2.06. The fourth-order valence-corrected chi connectivity index (χ4v) is 1.49. The SMILES string of the molecule is C#Cc1cc(Br)cc([C](C)CF)c1. The summed E-state index contributed by atoms with van der Waals surface area (Å²) < 4.78 is 13.2. The zero-order chi connectivity index (χ0) is 9.84. The Labute approximate surface area is 86.3 Å². The largest absolute Gasteiger partial charge is 0.250 e. The number of hydrogen-bond acceptors (Lipinski definition) is 0. The van der Waals surface area contributed by atoms with E-state index in [-0.39, 0.29) is 0 Å². The van der Waals surface area contributed by atoms with Gasteiger partial charge < -0.3 is 0 Å². The summed E-state index contributed by atoms with van der Waals surface area (Å²) in [5.74, 6) is 3.21. The van der Waals surface area contributed by atoms with E-state index in [4.69, 9.17) is 6.42 Å². The van der Waals surface area contributed by atoms with E-state index >= 15 is 0 Å². The first-order valence-corrected chi connectivity index (χ1v) is 4.62. The van der Waals surface area contributed by atoms with Crippen molar-refractivity contribution in [3.05, 3.63) is 39.7 Å². The Kier molecular flexibility index (Phi) is 3.50. The van der Waals surface area contributed by atoms with Crippen LogP contribution in [0.1, 0.15) is 18.1 Å². The summed E-state index contributed by atoms with van der Waals surface area (Å²) in [6.45, 7) is 1.31. The van der Waals surface area contributed by atoms with Crippen LogP contribution in [-0.2, 0) is 0 Å². The van der Waals surface area contributed by atoms with Gasteiger partial charge in [0.05, 0.1) is 6.67 Å². The van der Waals surface area contributed by atoms with E-state index in [2.05, 4.69) is 21.9 Å². The van der Waals surface area contributed by atoms with Gasteiger partial charge in [0.1, 0.15) is 0 Å². The zero-order valence-electron chi connectivity index (χ0n) is 7.27. The molecule has 1 rings (SSSR count). The van der Waals surface area contributed by atoms with Gasteiger partial charge in [-0.25, -0.2) is 0 Å². The molecule has 67 valence electrons. The summed E-state index contributed by atoms with van der Waals surface area (Å²) in [7, 11) is 0. The summed E-state index contributed by atoms with van der Waals surface area (Å²) in [6, 6.07) is 5.49. The van der Waals surface area contributed by atoms with Crippen LogP contribution >= 0.6 is 15.9 Å². The lowest BCUT2D eigenvalue weighted by molar-refractivity contribution is 0.516. The molecule has 0 unspecified atom stereocenters. The lowest BCUT2D eigenvalue weighted by atomic mass is 10.0. The van der Waals surface area contributed by atoms with Crippen molar-refractivity contribution in [2.24, 2.45) is 0 Å². The second-order valence-electron chi connectivity index (χ2n) is 2.79. The van der Waals surface area contributed by atoms with E-state index in [9.17, 15) is 4.39 Å². The van der Waals surface area contributed by atoms with Gasteiger partial charge in [0.15, 0.2) is 0 Å². The molecule has 0 nitrogen and oxygen atoms in total. The fourth-order valence-electron chi connectivity index (χ4n) is 0.997. The Morgan fingerprint density at radius 2 is 2.23 bits per heavy atom. The van der Waals surface area contributed by atoms with Crippen molar-refractivity contribution in [1.29, 1.82) is 0 Å². The van der Waals surface area contributed by atoms with Gasteiger partial charge in [-0.3, -0.25) is 4.39 Å². The summed E-state index contributed by atoms with van der Waals surface area (Å²) >= 11 is 3.32. The Morgan fingerprint density at radius 1 is 1.54 bits per heavy atom. The maximum absolute atomic E-state index is 12.3. The Balaban J connectivity index is 3.10. The van der Waals surface area contributed by atoms with E-state index in [1.54, 1.807) is 13.0 Å². The number of hydrogen-bond donors (Lipinski definition) is 0. The molecule has 2 heteroatoms. The molecular weight excluding hydrogens is 231 g/mol. The van der Waals surface area contributed by atoms with Gasteiger partial charge in [-0.05, 0) is 23.8 Å². The predicted molar refractivity (Wildman–Crippen MR) is 56.1 cm³/mol. The third-order valence-electron chi connectivity index (χ3n) is 1.76. The van der Waals surface area contributed by atoms with Crippen LogP contribution < -0.4 is 0 Å². The quantitative estimate of drug-likeness (QED) is 0.695. The third-order valence-corrected chi connectivity index (χ3v) is 2.22. The molecule has 0 aliphatic carbocycles. The van der Waals surface area contributed by atoms with Crippen molar-refractivity contribution in [2.45, 2.75) is 6.92 Å². The molecule has 1 radical (unpaired) electrons. The van der Waals surface area contributed by atoms with Crippen LogP contribution in [0.15, 0.2) is 22.7 Å². The first-order valence-electron chi connectivity index (χ1n) is 3.83. The van der Waals surface area contributed by atoms with E-state index in [1.807, 2.05) is 12.1 Å². The van der Waals surface area contributed by atoms with Crippen LogP contribution in [-0.4, -0.2) is 6.67 Å². The predicted octanol–water partition coefficient (Wildman–Crippen LogP) is 3.34. The topological polar surface area (TPSA) is 0 Å². The fraction of sp³-hybridized carbons (Fsp3) is 0.182.